The minimum atomic E-state index is -0.584. The molecule has 0 atom stereocenters. The van der Waals surface area contributed by atoms with E-state index in [-0.39, 0.29) is 0 Å². The number of hydrogen-bond donors (Lipinski definition) is 1. The molecular formula is C14H14F2N2S. The lowest BCUT2D eigenvalue weighted by Gasteiger charge is -2.09. The number of anilines is 1. The summed E-state index contributed by atoms with van der Waals surface area (Å²) >= 11 is 1.44. The Hall–Kier alpha value is -1.49. The number of halogens is 2. The highest BCUT2D eigenvalue weighted by Gasteiger charge is 2.24. The lowest BCUT2D eigenvalue weighted by atomic mass is 10.0. The fraction of sp³-hybridized carbons (Fsp3) is 0.357. The molecule has 2 nitrogen and oxygen atoms in total. The van der Waals surface area contributed by atoms with Crippen molar-refractivity contribution >= 4 is 16.5 Å². The Morgan fingerprint density at radius 1 is 1.11 bits per heavy atom. The zero-order valence-corrected chi connectivity index (χ0v) is 11.1. The highest BCUT2D eigenvalue weighted by molar-refractivity contribution is 7.15. The predicted octanol–water partition coefficient (Wildman–Crippen LogP) is 4.33. The molecule has 1 aliphatic carbocycles. The monoisotopic (exact) mass is 280 g/mol. The van der Waals surface area contributed by atoms with Gasteiger partial charge in [0.15, 0.2) is 5.13 Å². The van der Waals surface area contributed by atoms with Crippen LogP contribution in [-0.2, 0) is 0 Å². The third-order valence-corrected chi connectivity index (χ3v) is 4.58. The average molecular weight is 280 g/mol. The molecule has 0 aliphatic heterocycles. The first-order valence-electron chi connectivity index (χ1n) is 6.36. The van der Waals surface area contributed by atoms with Crippen LogP contribution in [0.2, 0.25) is 0 Å². The Kier molecular flexibility index (Phi) is 3.22. The van der Waals surface area contributed by atoms with Gasteiger partial charge in [-0.25, -0.2) is 13.8 Å². The molecule has 1 aromatic carbocycles. The van der Waals surface area contributed by atoms with Crippen LogP contribution in [0.5, 0.6) is 0 Å². The van der Waals surface area contributed by atoms with E-state index in [4.69, 9.17) is 5.73 Å². The van der Waals surface area contributed by atoms with E-state index in [1.54, 1.807) is 0 Å². The number of nitrogens with zero attached hydrogens (tertiary/aromatic N) is 1. The van der Waals surface area contributed by atoms with Gasteiger partial charge in [0.25, 0.3) is 0 Å². The summed E-state index contributed by atoms with van der Waals surface area (Å²) in [5, 5.41) is 0.460. The number of nitrogen functional groups attached to an aromatic ring is 1. The fourth-order valence-corrected chi connectivity index (χ4v) is 3.74. The van der Waals surface area contributed by atoms with Crippen LogP contribution >= 0.6 is 11.3 Å². The molecule has 2 N–H and O–H groups in total. The van der Waals surface area contributed by atoms with Gasteiger partial charge in [-0.3, -0.25) is 0 Å². The topological polar surface area (TPSA) is 38.9 Å². The number of rotatable bonds is 2. The summed E-state index contributed by atoms with van der Waals surface area (Å²) in [5.41, 5.74) is 6.91. The van der Waals surface area contributed by atoms with E-state index in [1.165, 1.54) is 36.3 Å². The molecular weight excluding hydrogens is 266 g/mol. The molecule has 5 heteroatoms. The molecule has 100 valence electrons. The van der Waals surface area contributed by atoms with Crippen molar-refractivity contribution in [3.63, 3.8) is 0 Å². The highest BCUT2D eigenvalue weighted by Crippen LogP contribution is 2.43. The molecule has 19 heavy (non-hydrogen) atoms. The predicted molar refractivity (Wildman–Crippen MR) is 73.1 cm³/mol. The molecule has 0 bridgehead atoms. The van der Waals surface area contributed by atoms with Crippen molar-refractivity contribution in [2.24, 2.45) is 0 Å². The molecule has 1 saturated carbocycles. The van der Waals surface area contributed by atoms with Gasteiger partial charge in [-0.15, -0.1) is 11.3 Å². The minimum absolute atomic E-state index is 0.427. The molecule has 0 amide bonds. The van der Waals surface area contributed by atoms with Gasteiger partial charge in [-0.05, 0) is 30.9 Å². The molecule has 0 saturated heterocycles. The van der Waals surface area contributed by atoms with Crippen LogP contribution in [0.4, 0.5) is 13.9 Å². The normalized spacial score (nSPS) is 16.1. The fourth-order valence-electron chi connectivity index (χ4n) is 2.71. The summed E-state index contributed by atoms with van der Waals surface area (Å²) in [6.45, 7) is 0. The molecule has 1 aromatic heterocycles. The Morgan fingerprint density at radius 3 is 2.37 bits per heavy atom. The molecule has 1 fully saturated rings. The van der Waals surface area contributed by atoms with E-state index < -0.39 is 11.6 Å². The number of nitrogens with two attached hydrogens (primary N) is 1. The van der Waals surface area contributed by atoms with Crippen molar-refractivity contribution in [1.29, 1.82) is 0 Å². The van der Waals surface area contributed by atoms with E-state index in [0.717, 1.165) is 23.8 Å². The van der Waals surface area contributed by atoms with Crippen LogP contribution in [0.1, 0.15) is 36.5 Å². The van der Waals surface area contributed by atoms with E-state index >= 15 is 0 Å². The standard InChI is InChI=1S/C14H14F2N2S/c15-10-5-9(6-11(16)7-10)12-13(19-14(17)18-12)8-3-1-2-4-8/h5-8H,1-4H2,(H2,17,18). The van der Waals surface area contributed by atoms with Crippen molar-refractivity contribution in [3.8, 4) is 11.3 Å². The summed E-state index contributed by atoms with van der Waals surface area (Å²) in [6, 6.07) is 3.50. The second-order valence-corrected chi connectivity index (χ2v) is 5.97. The van der Waals surface area contributed by atoms with Crippen molar-refractivity contribution in [3.05, 3.63) is 34.7 Å². The second kappa shape index (κ2) is 4.89. The number of hydrogen-bond acceptors (Lipinski definition) is 3. The average Bonchev–Trinajstić information content (AvgIpc) is 2.95. The minimum Gasteiger partial charge on any atom is -0.375 e. The summed E-state index contributed by atoms with van der Waals surface area (Å²) < 4.78 is 26.7. The zero-order valence-electron chi connectivity index (χ0n) is 10.3. The van der Waals surface area contributed by atoms with E-state index in [9.17, 15) is 8.78 Å². The highest BCUT2D eigenvalue weighted by atomic mass is 32.1. The first-order valence-corrected chi connectivity index (χ1v) is 7.18. The molecule has 1 heterocycles. The smallest absolute Gasteiger partial charge is 0.180 e. The Balaban J connectivity index is 2.08. The van der Waals surface area contributed by atoms with E-state index in [1.807, 2.05) is 0 Å². The maximum absolute atomic E-state index is 13.3. The molecule has 0 unspecified atom stereocenters. The van der Waals surface area contributed by atoms with Crippen molar-refractivity contribution in [2.75, 3.05) is 5.73 Å². The largest absolute Gasteiger partial charge is 0.375 e. The van der Waals surface area contributed by atoms with Crippen LogP contribution in [0.3, 0.4) is 0 Å². The lowest BCUT2D eigenvalue weighted by Crippen LogP contribution is -1.93. The van der Waals surface area contributed by atoms with Crippen LogP contribution in [0.15, 0.2) is 18.2 Å². The summed E-state index contributed by atoms with van der Waals surface area (Å²) in [6.07, 6.45) is 4.59. The van der Waals surface area contributed by atoms with Crippen molar-refractivity contribution < 1.29 is 8.78 Å². The van der Waals surface area contributed by atoms with Crippen LogP contribution in [0, 0.1) is 11.6 Å². The van der Waals surface area contributed by atoms with Gasteiger partial charge < -0.3 is 5.73 Å². The van der Waals surface area contributed by atoms with E-state index in [0.29, 0.717) is 22.3 Å². The molecule has 0 spiro atoms. The van der Waals surface area contributed by atoms with E-state index in [2.05, 4.69) is 4.98 Å². The van der Waals surface area contributed by atoms with Gasteiger partial charge in [0.1, 0.15) is 11.6 Å². The second-order valence-electron chi connectivity index (χ2n) is 4.90. The summed E-state index contributed by atoms with van der Waals surface area (Å²) in [4.78, 5) is 5.34. The molecule has 1 aliphatic rings. The number of aromatic nitrogens is 1. The quantitative estimate of drug-likeness (QED) is 0.889. The van der Waals surface area contributed by atoms with Gasteiger partial charge >= 0.3 is 0 Å². The van der Waals surface area contributed by atoms with Gasteiger partial charge in [-0.2, -0.15) is 0 Å². The van der Waals surface area contributed by atoms with Crippen LogP contribution in [0.25, 0.3) is 11.3 Å². The summed E-state index contributed by atoms with van der Waals surface area (Å²) in [7, 11) is 0. The number of benzene rings is 1. The summed E-state index contributed by atoms with van der Waals surface area (Å²) in [5.74, 6) is -0.742. The third-order valence-electron chi connectivity index (χ3n) is 3.53. The Labute approximate surface area is 114 Å². The first kappa shape index (κ1) is 12.5. The lowest BCUT2D eigenvalue weighted by molar-refractivity contribution is 0.584. The van der Waals surface area contributed by atoms with Crippen molar-refractivity contribution in [1.82, 2.24) is 4.98 Å². The maximum Gasteiger partial charge on any atom is 0.180 e. The van der Waals surface area contributed by atoms with Gasteiger partial charge in [-0.1, -0.05) is 12.8 Å². The number of thiazole rings is 1. The van der Waals surface area contributed by atoms with Gasteiger partial charge in [0.05, 0.1) is 5.69 Å². The third kappa shape index (κ3) is 2.47. The van der Waals surface area contributed by atoms with Gasteiger partial charge in [0, 0.05) is 16.5 Å². The molecule has 3 rings (SSSR count). The zero-order chi connectivity index (χ0) is 13.4. The molecule has 2 aromatic rings. The van der Waals surface area contributed by atoms with Crippen LogP contribution in [-0.4, -0.2) is 4.98 Å². The Morgan fingerprint density at radius 2 is 1.74 bits per heavy atom. The van der Waals surface area contributed by atoms with Crippen LogP contribution < -0.4 is 5.73 Å². The Bertz CT molecular complexity index is 583. The maximum atomic E-state index is 13.3. The van der Waals surface area contributed by atoms with Crippen molar-refractivity contribution in [2.45, 2.75) is 31.6 Å². The first-order chi connectivity index (χ1) is 9.13. The molecule has 0 radical (unpaired) electrons. The SMILES string of the molecule is Nc1nc(-c2cc(F)cc(F)c2)c(C2CCCC2)s1. The van der Waals surface area contributed by atoms with Gasteiger partial charge in [0.2, 0.25) is 0 Å².